The summed E-state index contributed by atoms with van der Waals surface area (Å²) in [7, 11) is 0. The fourth-order valence-corrected chi connectivity index (χ4v) is 3.79. The van der Waals surface area contributed by atoms with Crippen molar-refractivity contribution in [3.63, 3.8) is 0 Å². The van der Waals surface area contributed by atoms with E-state index in [0.29, 0.717) is 48.6 Å². The number of aromatic nitrogens is 3. The van der Waals surface area contributed by atoms with Crippen LogP contribution in [0.1, 0.15) is 34.3 Å². The standard InChI is InChI=1S/C23H20F4N4O2/c1-14-5-2-7-17(19(14)20-28-8-4-9-29-20)22(32)31-10-3-6-16(13-31)33-21-18(24)11-15(12-30-21)23(25,26)27/h2,4-5,7-9,11-12,16H,3,6,10,13H2,1H3. The van der Waals surface area contributed by atoms with Crippen LogP contribution in [-0.2, 0) is 6.18 Å². The maximum atomic E-state index is 14.2. The molecule has 1 saturated heterocycles. The molecule has 1 amide bonds. The van der Waals surface area contributed by atoms with Gasteiger partial charge in [0.25, 0.3) is 11.8 Å². The summed E-state index contributed by atoms with van der Waals surface area (Å²) in [5.74, 6) is -1.54. The highest BCUT2D eigenvalue weighted by Crippen LogP contribution is 2.31. The van der Waals surface area contributed by atoms with Gasteiger partial charge >= 0.3 is 6.18 Å². The van der Waals surface area contributed by atoms with E-state index in [1.165, 1.54) is 0 Å². The normalized spacial score (nSPS) is 16.5. The number of aryl methyl sites for hydroxylation is 1. The second kappa shape index (κ2) is 9.13. The molecule has 0 saturated carbocycles. The lowest BCUT2D eigenvalue weighted by atomic mass is 9.98. The Labute approximate surface area is 187 Å². The minimum atomic E-state index is -4.70. The Hall–Kier alpha value is -3.56. The van der Waals surface area contributed by atoms with Crippen molar-refractivity contribution in [1.82, 2.24) is 19.9 Å². The van der Waals surface area contributed by atoms with E-state index in [4.69, 9.17) is 4.74 Å². The summed E-state index contributed by atoms with van der Waals surface area (Å²) in [6.45, 7) is 2.47. The van der Waals surface area contributed by atoms with E-state index in [9.17, 15) is 22.4 Å². The lowest BCUT2D eigenvalue weighted by Crippen LogP contribution is -2.44. The molecule has 4 rings (SSSR count). The van der Waals surface area contributed by atoms with E-state index >= 15 is 0 Å². The van der Waals surface area contributed by atoms with Crippen LogP contribution in [-0.4, -0.2) is 45.0 Å². The quantitative estimate of drug-likeness (QED) is 0.529. The summed E-state index contributed by atoms with van der Waals surface area (Å²) in [4.78, 5) is 27.0. The maximum Gasteiger partial charge on any atom is 0.417 e. The van der Waals surface area contributed by atoms with Gasteiger partial charge in [0.1, 0.15) is 6.10 Å². The van der Waals surface area contributed by atoms with Crippen molar-refractivity contribution < 1.29 is 27.1 Å². The van der Waals surface area contributed by atoms with Gasteiger partial charge in [-0.15, -0.1) is 0 Å². The zero-order valence-electron chi connectivity index (χ0n) is 17.6. The molecule has 1 aliphatic heterocycles. The SMILES string of the molecule is Cc1cccc(C(=O)N2CCCC(Oc3ncc(C(F)(F)F)cc3F)C2)c1-c1ncccn1. The largest absolute Gasteiger partial charge is 0.470 e. The maximum absolute atomic E-state index is 14.2. The number of benzene rings is 1. The molecular formula is C23H20F4N4O2. The molecule has 33 heavy (non-hydrogen) atoms. The number of halogens is 4. The van der Waals surface area contributed by atoms with Crippen molar-refractivity contribution >= 4 is 5.91 Å². The molecule has 10 heteroatoms. The molecule has 1 unspecified atom stereocenters. The van der Waals surface area contributed by atoms with E-state index in [2.05, 4.69) is 15.0 Å². The zero-order chi connectivity index (χ0) is 23.6. The minimum Gasteiger partial charge on any atom is -0.470 e. The molecule has 0 radical (unpaired) electrons. The highest BCUT2D eigenvalue weighted by molar-refractivity contribution is 6.00. The van der Waals surface area contributed by atoms with E-state index < -0.39 is 29.5 Å². The van der Waals surface area contributed by atoms with Gasteiger partial charge in [-0.3, -0.25) is 4.79 Å². The van der Waals surface area contributed by atoms with Crippen LogP contribution in [0, 0.1) is 12.7 Å². The van der Waals surface area contributed by atoms with Crippen LogP contribution in [0.15, 0.2) is 48.9 Å². The van der Waals surface area contributed by atoms with Gasteiger partial charge in [-0.05, 0) is 43.5 Å². The average Bonchev–Trinajstić information content (AvgIpc) is 2.80. The van der Waals surface area contributed by atoms with E-state index in [1.54, 1.807) is 35.5 Å². The van der Waals surface area contributed by atoms with Gasteiger partial charge in [0.05, 0.1) is 17.7 Å². The molecule has 3 heterocycles. The molecule has 1 atom stereocenters. The molecule has 0 aliphatic carbocycles. The van der Waals surface area contributed by atoms with Gasteiger partial charge in [0.15, 0.2) is 11.6 Å². The van der Waals surface area contributed by atoms with Crippen LogP contribution in [0.4, 0.5) is 17.6 Å². The molecule has 0 spiro atoms. The fraction of sp³-hybridized carbons (Fsp3) is 0.304. The van der Waals surface area contributed by atoms with Crippen molar-refractivity contribution in [3.05, 3.63) is 71.4 Å². The Kier molecular flexibility index (Phi) is 6.26. The molecule has 0 bridgehead atoms. The molecule has 1 aromatic carbocycles. The first-order valence-electron chi connectivity index (χ1n) is 10.3. The lowest BCUT2D eigenvalue weighted by molar-refractivity contribution is -0.138. The number of carbonyl (C=O) groups excluding carboxylic acids is 1. The predicted octanol–water partition coefficient (Wildman–Crippen LogP) is 4.69. The summed E-state index contributed by atoms with van der Waals surface area (Å²) in [5.41, 5.74) is 0.707. The van der Waals surface area contributed by atoms with Crippen LogP contribution in [0.3, 0.4) is 0 Å². The first kappa shape index (κ1) is 22.6. The van der Waals surface area contributed by atoms with Crippen molar-refractivity contribution in [2.75, 3.05) is 13.1 Å². The van der Waals surface area contributed by atoms with Gasteiger partial charge in [-0.1, -0.05) is 12.1 Å². The monoisotopic (exact) mass is 460 g/mol. The third kappa shape index (κ3) is 4.94. The molecule has 6 nitrogen and oxygen atoms in total. The minimum absolute atomic E-state index is 0.143. The molecule has 2 aromatic heterocycles. The Morgan fingerprint density at radius 1 is 1.15 bits per heavy atom. The highest BCUT2D eigenvalue weighted by atomic mass is 19.4. The molecule has 3 aromatic rings. The topological polar surface area (TPSA) is 68.2 Å². The second-order valence-electron chi connectivity index (χ2n) is 7.71. The number of hydrogen-bond donors (Lipinski definition) is 0. The first-order chi connectivity index (χ1) is 15.7. The Morgan fingerprint density at radius 3 is 2.61 bits per heavy atom. The van der Waals surface area contributed by atoms with Crippen LogP contribution >= 0.6 is 0 Å². The Bertz CT molecular complexity index is 1150. The number of ether oxygens (including phenoxy) is 1. The Morgan fingerprint density at radius 2 is 1.91 bits per heavy atom. The van der Waals surface area contributed by atoms with Crippen molar-refractivity contribution in [2.24, 2.45) is 0 Å². The third-order valence-electron chi connectivity index (χ3n) is 5.37. The number of amides is 1. The third-order valence-corrected chi connectivity index (χ3v) is 5.37. The number of piperidine rings is 1. The molecular weight excluding hydrogens is 440 g/mol. The number of carbonyl (C=O) groups is 1. The number of likely N-dealkylation sites (tertiary alicyclic amines) is 1. The van der Waals surface area contributed by atoms with Crippen molar-refractivity contribution in [3.8, 4) is 17.3 Å². The lowest BCUT2D eigenvalue weighted by Gasteiger charge is -2.33. The summed E-state index contributed by atoms with van der Waals surface area (Å²) in [6.07, 6.45) is -0.491. The summed E-state index contributed by atoms with van der Waals surface area (Å²) >= 11 is 0. The van der Waals surface area contributed by atoms with Crippen molar-refractivity contribution in [2.45, 2.75) is 32.0 Å². The average molecular weight is 460 g/mol. The summed E-state index contributed by atoms with van der Waals surface area (Å²) < 4.78 is 57.9. The van der Waals surface area contributed by atoms with Crippen LogP contribution < -0.4 is 4.74 Å². The van der Waals surface area contributed by atoms with E-state index in [0.717, 1.165) is 5.56 Å². The second-order valence-corrected chi connectivity index (χ2v) is 7.71. The number of pyridine rings is 1. The van der Waals surface area contributed by atoms with Gasteiger partial charge in [-0.2, -0.15) is 13.2 Å². The van der Waals surface area contributed by atoms with E-state index in [-0.39, 0.29) is 12.5 Å². The molecule has 0 N–H and O–H groups in total. The van der Waals surface area contributed by atoms with Gasteiger partial charge < -0.3 is 9.64 Å². The number of rotatable bonds is 4. The zero-order valence-corrected chi connectivity index (χ0v) is 17.6. The van der Waals surface area contributed by atoms with Gasteiger partial charge in [0.2, 0.25) is 0 Å². The highest BCUT2D eigenvalue weighted by Gasteiger charge is 2.33. The van der Waals surface area contributed by atoms with Crippen LogP contribution in [0.2, 0.25) is 0 Å². The number of alkyl halides is 3. The predicted molar refractivity (Wildman–Crippen MR) is 111 cm³/mol. The van der Waals surface area contributed by atoms with Crippen LogP contribution in [0.25, 0.3) is 11.4 Å². The number of nitrogens with zero attached hydrogens (tertiary/aromatic N) is 4. The smallest absolute Gasteiger partial charge is 0.417 e. The fourth-order valence-electron chi connectivity index (χ4n) is 3.79. The number of hydrogen-bond acceptors (Lipinski definition) is 5. The van der Waals surface area contributed by atoms with Crippen LogP contribution in [0.5, 0.6) is 5.88 Å². The van der Waals surface area contributed by atoms with Gasteiger partial charge in [0, 0.05) is 30.7 Å². The molecule has 1 aliphatic rings. The van der Waals surface area contributed by atoms with Gasteiger partial charge in [-0.25, -0.2) is 19.3 Å². The molecule has 1 fully saturated rings. The van der Waals surface area contributed by atoms with Crippen molar-refractivity contribution in [1.29, 1.82) is 0 Å². The first-order valence-corrected chi connectivity index (χ1v) is 10.3. The summed E-state index contributed by atoms with van der Waals surface area (Å²) in [5, 5.41) is 0. The Balaban J connectivity index is 1.53. The molecule has 172 valence electrons. The summed E-state index contributed by atoms with van der Waals surface area (Å²) in [6, 6.07) is 7.37. The van der Waals surface area contributed by atoms with E-state index in [1.807, 2.05) is 13.0 Å².